The van der Waals surface area contributed by atoms with Crippen molar-refractivity contribution in [2.75, 3.05) is 11.0 Å². The largest absolute Gasteiger partial charge is 0.283 e. The van der Waals surface area contributed by atoms with Crippen LogP contribution in [0, 0.1) is 18.6 Å². The van der Waals surface area contributed by atoms with Crippen LogP contribution in [-0.2, 0) is 10.0 Å². The van der Waals surface area contributed by atoms with E-state index in [-0.39, 0.29) is 11.3 Å². The molecule has 1 N–H and O–H groups in total. The zero-order chi connectivity index (χ0) is 14.9. The van der Waals surface area contributed by atoms with Crippen molar-refractivity contribution in [1.29, 1.82) is 0 Å². The van der Waals surface area contributed by atoms with Gasteiger partial charge in [0.2, 0.25) is 10.0 Å². The average molecular weight is 297 g/mol. The highest BCUT2D eigenvalue weighted by Gasteiger charge is 2.13. The Morgan fingerprint density at radius 3 is 2.30 bits per heavy atom. The third-order valence-corrected chi connectivity index (χ3v) is 3.28. The molecule has 2 rings (SSSR count). The minimum atomic E-state index is -3.49. The van der Waals surface area contributed by atoms with Gasteiger partial charge in [-0.15, -0.1) is 0 Å². The Kier molecular flexibility index (Phi) is 3.76. The van der Waals surface area contributed by atoms with Crippen molar-refractivity contribution in [2.24, 2.45) is 0 Å². The van der Waals surface area contributed by atoms with Crippen molar-refractivity contribution < 1.29 is 17.2 Å². The van der Waals surface area contributed by atoms with Crippen LogP contribution in [0.4, 0.5) is 14.5 Å². The highest BCUT2D eigenvalue weighted by molar-refractivity contribution is 7.92. The summed E-state index contributed by atoms with van der Waals surface area (Å²) in [4.78, 5) is 0. The van der Waals surface area contributed by atoms with Crippen molar-refractivity contribution in [3.63, 3.8) is 0 Å². The number of aryl methyl sites for hydroxylation is 1. The zero-order valence-electron chi connectivity index (χ0n) is 10.9. The van der Waals surface area contributed by atoms with Crippen LogP contribution in [0.1, 0.15) is 5.56 Å². The lowest BCUT2D eigenvalue weighted by molar-refractivity contribution is 0.585. The SMILES string of the molecule is Cc1ccc(NS(C)(=O)=O)c(-c2ccc(F)cc2F)c1. The lowest BCUT2D eigenvalue weighted by atomic mass is 10.0. The molecule has 20 heavy (non-hydrogen) atoms. The summed E-state index contributed by atoms with van der Waals surface area (Å²) in [6.07, 6.45) is 1.01. The molecule has 0 spiro atoms. The van der Waals surface area contributed by atoms with Gasteiger partial charge in [0.1, 0.15) is 11.6 Å². The fourth-order valence-corrected chi connectivity index (χ4v) is 2.46. The summed E-state index contributed by atoms with van der Waals surface area (Å²) in [7, 11) is -3.49. The maximum atomic E-state index is 13.9. The topological polar surface area (TPSA) is 46.2 Å². The third-order valence-electron chi connectivity index (χ3n) is 2.69. The van der Waals surface area contributed by atoms with Crippen molar-refractivity contribution >= 4 is 15.7 Å². The van der Waals surface area contributed by atoms with Gasteiger partial charge in [-0.1, -0.05) is 11.6 Å². The molecule has 0 fully saturated rings. The summed E-state index contributed by atoms with van der Waals surface area (Å²) in [5, 5.41) is 0. The first-order valence-electron chi connectivity index (χ1n) is 5.80. The zero-order valence-corrected chi connectivity index (χ0v) is 11.8. The molecule has 0 aliphatic carbocycles. The maximum absolute atomic E-state index is 13.9. The quantitative estimate of drug-likeness (QED) is 0.944. The molecule has 0 aliphatic heterocycles. The van der Waals surface area contributed by atoms with E-state index in [9.17, 15) is 17.2 Å². The predicted octanol–water partition coefficient (Wildman–Crippen LogP) is 3.31. The minimum absolute atomic E-state index is 0.140. The van der Waals surface area contributed by atoms with Gasteiger partial charge in [0.15, 0.2) is 0 Å². The van der Waals surface area contributed by atoms with Crippen LogP contribution in [-0.4, -0.2) is 14.7 Å². The van der Waals surface area contributed by atoms with Crippen LogP contribution in [0.25, 0.3) is 11.1 Å². The molecule has 0 amide bonds. The Morgan fingerprint density at radius 1 is 1.00 bits per heavy atom. The molecule has 0 saturated heterocycles. The molecule has 106 valence electrons. The predicted molar refractivity (Wildman–Crippen MR) is 75.0 cm³/mol. The summed E-state index contributed by atoms with van der Waals surface area (Å²) in [5.41, 5.74) is 1.60. The van der Waals surface area contributed by atoms with Crippen LogP contribution in [0.2, 0.25) is 0 Å². The summed E-state index contributed by atoms with van der Waals surface area (Å²) in [6.45, 7) is 1.80. The van der Waals surface area contributed by atoms with E-state index in [1.807, 2.05) is 0 Å². The number of rotatable bonds is 3. The molecular formula is C14H13F2NO2S. The van der Waals surface area contributed by atoms with E-state index in [0.29, 0.717) is 5.56 Å². The Hall–Kier alpha value is -1.95. The number of hydrogen-bond donors (Lipinski definition) is 1. The summed E-state index contributed by atoms with van der Waals surface area (Å²) in [5.74, 6) is -1.43. The second-order valence-corrected chi connectivity index (χ2v) is 6.30. The van der Waals surface area contributed by atoms with Gasteiger partial charge in [0.05, 0.1) is 11.9 Å². The summed E-state index contributed by atoms with van der Waals surface area (Å²) in [6, 6.07) is 8.08. The summed E-state index contributed by atoms with van der Waals surface area (Å²) >= 11 is 0. The maximum Gasteiger partial charge on any atom is 0.229 e. The van der Waals surface area contributed by atoms with Gasteiger partial charge in [0.25, 0.3) is 0 Å². The molecule has 0 radical (unpaired) electrons. The van der Waals surface area contributed by atoms with Gasteiger partial charge in [-0.3, -0.25) is 4.72 Å². The minimum Gasteiger partial charge on any atom is -0.283 e. The second-order valence-electron chi connectivity index (χ2n) is 4.55. The molecule has 2 aromatic carbocycles. The molecule has 0 atom stereocenters. The number of anilines is 1. The van der Waals surface area contributed by atoms with Gasteiger partial charge in [-0.05, 0) is 31.2 Å². The van der Waals surface area contributed by atoms with E-state index in [1.165, 1.54) is 6.07 Å². The number of benzene rings is 2. The number of sulfonamides is 1. The smallest absolute Gasteiger partial charge is 0.229 e. The lowest BCUT2D eigenvalue weighted by Crippen LogP contribution is -2.10. The first-order valence-corrected chi connectivity index (χ1v) is 7.69. The molecule has 0 saturated carbocycles. The van der Waals surface area contributed by atoms with Gasteiger partial charge >= 0.3 is 0 Å². The van der Waals surface area contributed by atoms with Crippen LogP contribution >= 0.6 is 0 Å². The monoisotopic (exact) mass is 297 g/mol. The highest BCUT2D eigenvalue weighted by atomic mass is 32.2. The Morgan fingerprint density at radius 2 is 1.70 bits per heavy atom. The lowest BCUT2D eigenvalue weighted by Gasteiger charge is -2.12. The van der Waals surface area contributed by atoms with Crippen LogP contribution in [0.5, 0.6) is 0 Å². The van der Waals surface area contributed by atoms with Crippen LogP contribution in [0.3, 0.4) is 0 Å². The standard InChI is InChI=1S/C14H13F2NO2S/c1-9-3-6-14(17-20(2,18)19)12(7-9)11-5-4-10(15)8-13(11)16/h3-8,17H,1-2H3. The Balaban J connectivity index is 2.62. The number of nitrogens with one attached hydrogen (secondary N) is 1. The molecule has 0 heterocycles. The number of hydrogen-bond acceptors (Lipinski definition) is 2. The van der Waals surface area contributed by atoms with E-state index >= 15 is 0 Å². The molecule has 0 aromatic heterocycles. The van der Waals surface area contributed by atoms with Crippen molar-refractivity contribution in [3.05, 3.63) is 53.6 Å². The van der Waals surface area contributed by atoms with Gasteiger partial charge in [-0.25, -0.2) is 17.2 Å². The van der Waals surface area contributed by atoms with Crippen molar-refractivity contribution in [3.8, 4) is 11.1 Å². The van der Waals surface area contributed by atoms with E-state index in [2.05, 4.69) is 4.72 Å². The van der Waals surface area contributed by atoms with Crippen molar-refractivity contribution in [2.45, 2.75) is 6.92 Å². The Bertz CT molecular complexity index is 758. The molecule has 0 bridgehead atoms. The molecule has 6 heteroatoms. The molecule has 3 nitrogen and oxygen atoms in total. The average Bonchev–Trinajstić information content (AvgIpc) is 2.30. The van der Waals surface area contributed by atoms with Crippen LogP contribution < -0.4 is 4.72 Å². The van der Waals surface area contributed by atoms with E-state index in [4.69, 9.17) is 0 Å². The normalized spacial score (nSPS) is 11.4. The van der Waals surface area contributed by atoms with Crippen LogP contribution in [0.15, 0.2) is 36.4 Å². The van der Waals surface area contributed by atoms with Gasteiger partial charge < -0.3 is 0 Å². The summed E-state index contributed by atoms with van der Waals surface area (Å²) < 4.78 is 51.8. The second kappa shape index (κ2) is 5.20. The first kappa shape index (κ1) is 14.5. The molecule has 2 aromatic rings. The highest BCUT2D eigenvalue weighted by Crippen LogP contribution is 2.31. The third kappa shape index (κ3) is 3.33. The van der Waals surface area contributed by atoms with Gasteiger partial charge in [0, 0.05) is 17.2 Å². The molecular weight excluding hydrogens is 284 g/mol. The fraction of sp³-hybridized carbons (Fsp3) is 0.143. The number of halogens is 2. The van der Waals surface area contributed by atoms with E-state index in [0.717, 1.165) is 24.0 Å². The first-order chi connectivity index (χ1) is 9.26. The molecule has 0 unspecified atom stereocenters. The Labute approximate surface area is 116 Å². The van der Waals surface area contributed by atoms with E-state index in [1.54, 1.807) is 25.1 Å². The van der Waals surface area contributed by atoms with Gasteiger partial charge in [-0.2, -0.15) is 0 Å². The fourth-order valence-electron chi connectivity index (χ4n) is 1.88. The van der Waals surface area contributed by atoms with E-state index < -0.39 is 21.7 Å². The van der Waals surface area contributed by atoms with Crippen molar-refractivity contribution in [1.82, 2.24) is 0 Å². The molecule has 0 aliphatic rings.